The molecule has 29 heavy (non-hydrogen) atoms. The number of rotatable bonds is 6. The lowest BCUT2D eigenvalue weighted by molar-refractivity contribution is -0.131. The summed E-state index contributed by atoms with van der Waals surface area (Å²) in [6.07, 6.45) is 1.20. The van der Waals surface area contributed by atoms with Gasteiger partial charge in [-0.05, 0) is 41.7 Å². The molecule has 1 aliphatic heterocycles. The molecule has 0 bridgehead atoms. The maximum atomic E-state index is 12.5. The van der Waals surface area contributed by atoms with Gasteiger partial charge in [-0.3, -0.25) is 4.79 Å². The lowest BCUT2D eigenvalue weighted by Gasteiger charge is -2.36. The van der Waals surface area contributed by atoms with Crippen molar-refractivity contribution in [3.63, 3.8) is 0 Å². The molecule has 0 radical (unpaired) electrons. The van der Waals surface area contributed by atoms with Crippen LogP contribution < -0.4 is 9.64 Å². The van der Waals surface area contributed by atoms with Gasteiger partial charge in [-0.15, -0.1) is 0 Å². The summed E-state index contributed by atoms with van der Waals surface area (Å²) in [7, 11) is 0. The summed E-state index contributed by atoms with van der Waals surface area (Å²) in [5.41, 5.74) is 2.25. The van der Waals surface area contributed by atoms with E-state index in [1.807, 2.05) is 35.2 Å². The van der Waals surface area contributed by atoms with Crippen molar-refractivity contribution in [2.75, 3.05) is 37.7 Å². The first kappa shape index (κ1) is 21.0. The molecule has 3 rings (SSSR count). The SMILES string of the molecule is CC(C)(C)c1ccc(OCCCC(=O)N2CCN(c3ccccc3O)CC2)cc1. The Morgan fingerprint density at radius 1 is 1.00 bits per heavy atom. The van der Waals surface area contributed by atoms with Gasteiger partial charge in [0.05, 0.1) is 12.3 Å². The Labute approximate surface area is 173 Å². The average Bonchev–Trinajstić information content (AvgIpc) is 2.71. The van der Waals surface area contributed by atoms with E-state index in [-0.39, 0.29) is 11.3 Å². The van der Waals surface area contributed by atoms with Crippen LogP contribution in [0.3, 0.4) is 0 Å². The van der Waals surface area contributed by atoms with Crippen molar-refractivity contribution in [1.29, 1.82) is 0 Å². The van der Waals surface area contributed by atoms with Gasteiger partial charge >= 0.3 is 0 Å². The largest absolute Gasteiger partial charge is 0.506 e. The third-order valence-corrected chi connectivity index (χ3v) is 5.38. The Morgan fingerprint density at radius 3 is 2.28 bits per heavy atom. The van der Waals surface area contributed by atoms with E-state index < -0.39 is 0 Å². The van der Waals surface area contributed by atoms with Crippen LogP contribution in [0, 0.1) is 0 Å². The summed E-state index contributed by atoms with van der Waals surface area (Å²) in [4.78, 5) is 16.5. The molecule has 0 aromatic heterocycles. The van der Waals surface area contributed by atoms with Gasteiger partial charge in [0.2, 0.25) is 5.91 Å². The van der Waals surface area contributed by atoms with Crippen LogP contribution in [0.2, 0.25) is 0 Å². The standard InChI is InChI=1S/C24H32N2O3/c1-24(2,3)19-10-12-20(13-11-19)29-18-6-9-23(28)26-16-14-25(15-17-26)21-7-4-5-8-22(21)27/h4-5,7-8,10-13,27H,6,9,14-18H2,1-3H3. The molecule has 1 aliphatic rings. The molecule has 0 aliphatic carbocycles. The third kappa shape index (κ3) is 5.66. The molecule has 2 aromatic rings. The van der Waals surface area contributed by atoms with Crippen molar-refractivity contribution in [1.82, 2.24) is 4.90 Å². The number of nitrogens with zero attached hydrogens (tertiary/aromatic N) is 2. The van der Waals surface area contributed by atoms with Gasteiger partial charge in [-0.25, -0.2) is 0 Å². The Balaban J connectivity index is 1.38. The van der Waals surface area contributed by atoms with E-state index in [0.29, 0.717) is 38.3 Å². The molecular weight excluding hydrogens is 364 g/mol. The molecule has 1 fully saturated rings. The Bertz CT molecular complexity index is 804. The van der Waals surface area contributed by atoms with Gasteiger partial charge in [0, 0.05) is 32.6 Å². The van der Waals surface area contributed by atoms with Gasteiger partial charge in [-0.1, -0.05) is 45.0 Å². The first-order valence-corrected chi connectivity index (χ1v) is 10.4. The van der Waals surface area contributed by atoms with Crippen LogP contribution in [0.25, 0.3) is 0 Å². The number of hydrogen-bond donors (Lipinski definition) is 1. The zero-order valence-electron chi connectivity index (χ0n) is 17.7. The zero-order valence-corrected chi connectivity index (χ0v) is 17.7. The summed E-state index contributed by atoms with van der Waals surface area (Å²) < 4.78 is 5.79. The lowest BCUT2D eigenvalue weighted by atomic mass is 9.87. The fourth-order valence-corrected chi connectivity index (χ4v) is 3.55. The van der Waals surface area contributed by atoms with Crippen molar-refractivity contribution < 1.29 is 14.6 Å². The van der Waals surface area contributed by atoms with E-state index in [1.165, 1.54) is 5.56 Å². The Kier molecular flexibility index (Phi) is 6.68. The molecule has 0 saturated carbocycles. The van der Waals surface area contributed by atoms with E-state index in [9.17, 15) is 9.90 Å². The van der Waals surface area contributed by atoms with Crippen molar-refractivity contribution in [2.24, 2.45) is 0 Å². The average molecular weight is 397 g/mol. The number of benzene rings is 2. The minimum Gasteiger partial charge on any atom is -0.506 e. The molecule has 1 heterocycles. The molecule has 5 nitrogen and oxygen atoms in total. The molecule has 0 atom stereocenters. The first-order chi connectivity index (χ1) is 13.8. The number of anilines is 1. The van der Waals surface area contributed by atoms with Crippen LogP contribution in [0.5, 0.6) is 11.5 Å². The van der Waals surface area contributed by atoms with Crippen LogP contribution in [-0.2, 0) is 10.2 Å². The second-order valence-electron chi connectivity index (χ2n) is 8.58. The minimum absolute atomic E-state index is 0.133. The van der Waals surface area contributed by atoms with E-state index in [0.717, 1.165) is 24.5 Å². The van der Waals surface area contributed by atoms with Gasteiger partial charge in [0.25, 0.3) is 0 Å². The number of hydrogen-bond acceptors (Lipinski definition) is 4. The highest BCUT2D eigenvalue weighted by atomic mass is 16.5. The number of para-hydroxylation sites is 2. The second-order valence-corrected chi connectivity index (χ2v) is 8.58. The summed E-state index contributed by atoms with van der Waals surface area (Å²) >= 11 is 0. The number of phenolic OH excluding ortho intramolecular Hbond substituents is 1. The van der Waals surface area contributed by atoms with Gasteiger partial charge in [0.15, 0.2) is 0 Å². The van der Waals surface area contributed by atoms with E-state index >= 15 is 0 Å². The molecule has 2 aromatic carbocycles. The predicted molar refractivity (Wildman–Crippen MR) is 117 cm³/mol. The maximum Gasteiger partial charge on any atom is 0.222 e. The number of carbonyl (C=O) groups is 1. The third-order valence-electron chi connectivity index (χ3n) is 5.38. The highest BCUT2D eigenvalue weighted by Gasteiger charge is 2.22. The van der Waals surface area contributed by atoms with Crippen molar-refractivity contribution in [3.8, 4) is 11.5 Å². The highest BCUT2D eigenvalue weighted by molar-refractivity contribution is 5.76. The molecule has 1 amide bonds. The number of ether oxygens (including phenoxy) is 1. The number of phenols is 1. The second kappa shape index (κ2) is 9.21. The number of amides is 1. The summed E-state index contributed by atoms with van der Waals surface area (Å²) in [6.45, 7) is 9.95. The number of piperazine rings is 1. The lowest BCUT2D eigenvalue weighted by Crippen LogP contribution is -2.48. The summed E-state index contributed by atoms with van der Waals surface area (Å²) in [6, 6.07) is 15.6. The smallest absolute Gasteiger partial charge is 0.222 e. The van der Waals surface area contributed by atoms with E-state index in [2.05, 4.69) is 37.8 Å². The van der Waals surface area contributed by atoms with Crippen LogP contribution in [0.4, 0.5) is 5.69 Å². The van der Waals surface area contributed by atoms with Crippen LogP contribution in [0.1, 0.15) is 39.2 Å². The minimum atomic E-state index is 0.133. The fraction of sp³-hybridized carbons (Fsp3) is 0.458. The number of aromatic hydroxyl groups is 1. The van der Waals surface area contributed by atoms with Crippen LogP contribution >= 0.6 is 0 Å². The molecule has 1 N–H and O–H groups in total. The molecule has 0 spiro atoms. The van der Waals surface area contributed by atoms with E-state index in [4.69, 9.17) is 4.74 Å². The Hall–Kier alpha value is -2.69. The van der Waals surface area contributed by atoms with Gasteiger partial charge < -0.3 is 19.6 Å². The zero-order chi connectivity index (χ0) is 20.9. The number of carbonyl (C=O) groups excluding carboxylic acids is 1. The van der Waals surface area contributed by atoms with Crippen molar-refractivity contribution in [3.05, 3.63) is 54.1 Å². The van der Waals surface area contributed by atoms with Gasteiger partial charge in [-0.2, -0.15) is 0 Å². The van der Waals surface area contributed by atoms with Crippen molar-refractivity contribution in [2.45, 2.75) is 39.0 Å². The molecule has 1 saturated heterocycles. The first-order valence-electron chi connectivity index (χ1n) is 10.4. The highest BCUT2D eigenvalue weighted by Crippen LogP contribution is 2.27. The predicted octanol–water partition coefficient (Wildman–Crippen LogP) is 4.20. The van der Waals surface area contributed by atoms with Crippen molar-refractivity contribution >= 4 is 11.6 Å². The fourth-order valence-electron chi connectivity index (χ4n) is 3.55. The molecule has 156 valence electrons. The maximum absolute atomic E-state index is 12.5. The van der Waals surface area contributed by atoms with Gasteiger partial charge in [0.1, 0.15) is 11.5 Å². The summed E-state index contributed by atoms with van der Waals surface area (Å²) in [5.74, 6) is 1.32. The topological polar surface area (TPSA) is 53.0 Å². The normalized spacial score (nSPS) is 14.7. The molecular formula is C24H32N2O3. The van der Waals surface area contributed by atoms with E-state index in [1.54, 1.807) is 6.07 Å². The van der Waals surface area contributed by atoms with Crippen LogP contribution in [-0.4, -0.2) is 48.7 Å². The molecule has 0 unspecified atom stereocenters. The monoisotopic (exact) mass is 396 g/mol. The quantitative estimate of drug-likeness (QED) is 0.744. The Morgan fingerprint density at radius 2 is 1.66 bits per heavy atom. The molecule has 5 heteroatoms. The summed E-state index contributed by atoms with van der Waals surface area (Å²) in [5, 5.41) is 9.99. The van der Waals surface area contributed by atoms with Crippen LogP contribution in [0.15, 0.2) is 48.5 Å².